The van der Waals surface area contributed by atoms with Crippen molar-refractivity contribution in [3.05, 3.63) is 16.5 Å². The van der Waals surface area contributed by atoms with Crippen LogP contribution in [0.4, 0.5) is 5.00 Å². The Morgan fingerprint density at radius 3 is 2.54 bits per heavy atom. The summed E-state index contributed by atoms with van der Waals surface area (Å²) in [5, 5.41) is 1.15. The molecule has 0 fully saturated rings. The van der Waals surface area contributed by atoms with Crippen molar-refractivity contribution >= 4 is 27.9 Å². The van der Waals surface area contributed by atoms with Gasteiger partial charge in [-0.3, -0.25) is 0 Å². The quantitative estimate of drug-likeness (QED) is 0.845. The molecule has 13 heavy (non-hydrogen) atoms. The second kappa shape index (κ2) is 3.86. The maximum absolute atomic E-state index is 5.86. The Balaban J connectivity index is 2.84. The SMILES string of the molecule is CN(c1ccc(Cl)s1)C(C)(C)CN. The van der Waals surface area contributed by atoms with Crippen molar-refractivity contribution in [1.29, 1.82) is 0 Å². The maximum atomic E-state index is 5.86. The summed E-state index contributed by atoms with van der Waals surface area (Å²) in [6.07, 6.45) is 0. The molecule has 0 amide bonds. The van der Waals surface area contributed by atoms with Gasteiger partial charge in [0, 0.05) is 19.1 Å². The van der Waals surface area contributed by atoms with Gasteiger partial charge in [-0.1, -0.05) is 11.6 Å². The first kappa shape index (κ1) is 10.8. The molecule has 2 N–H and O–H groups in total. The molecule has 0 unspecified atom stereocenters. The third-order valence-electron chi connectivity index (χ3n) is 2.30. The van der Waals surface area contributed by atoms with Crippen LogP contribution in [0, 0.1) is 0 Å². The first-order chi connectivity index (χ1) is 5.97. The minimum atomic E-state index is -0.0197. The third-order valence-corrected chi connectivity index (χ3v) is 3.60. The Morgan fingerprint density at radius 2 is 2.15 bits per heavy atom. The van der Waals surface area contributed by atoms with Crippen LogP contribution in [-0.4, -0.2) is 19.1 Å². The van der Waals surface area contributed by atoms with Crippen LogP contribution < -0.4 is 10.6 Å². The van der Waals surface area contributed by atoms with Gasteiger partial charge in [0.25, 0.3) is 0 Å². The number of halogens is 1. The zero-order valence-corrected chi connectivity index (χ0v) is 9.75. The van der Waals surface area contributed by atoms with E-state index in [1.165, 1.54) is 0 Å². The normalized spacial score (nSPS) is 11.8. The number of hydrogen-bond donors (Lipinski definition) is 1. The molecule has 0 atom stereocenters. The molecule has 0 spiro atoms. The molecule has 2 nitrogen and oxygen atoms in total. The lowest BCUT2D eigenvalue weighted by molar-refractivity contribution is 0.501. The highest BCUT2D eigenvalue weighted by atomic mass is 35.5. The molecule has 0 aliphatic carbocycles. The van der Waals surface area contributed by atoms with Crippen LogP contribution in [0.3, 0.4) is 0 Å². The number of nitrogens with two attached hydrogens (primary N) is 1. The number of rotatable bonds is 3. The fourth-order valence-electron chi connectivity index (χ4n) is 0.920. The summed E-state index contributed by atoms with van der Waals surface area (Å²) in [5.74, 6) is 0. The highest BCUT2D eigenvalue weighted by Gasteiger charge is 2.22. The molecule has 0 bridgehead atoms. The summed E-state index contributed by atoms with van der Waals surface area (Å²) in [6, 6.07) is 3.93. The minimum absolute atomic E-state index is 0.0197. The number of anilines is 1. The van der Waals surface area contributed by atoms with Crippen molar-refractivity contribution < 1.29 is 0 Å². The lowest BCUT2D eigenvalue weighted by Gasteiger charge is -2.35. The largest absolute Gasteiger partial charge is 0.360 e. The Labute approximate surface area is 88.3 Å². The van der Waals surface area contributed by atoms with Gasteiger partial charge in [0.15, 0.2) is 0 Å². The summed E-state index contributed by atoms with van der Waals surface area (Å²) < 4.78 is 0.815. The van der Waals surface area contributed by atoms with Crippen molar-refractivity contribution in [3.8, 4) is 0 Å². The fourth-order valence-corrected chi connectivity index (χ4v) is 2.08. The van der Waals surface area contributed by atoms with E-state index in [9.17, 15) is 0 Å². The van der Waals surface area contributed by atoms with Crippen LogP contribution in [0.25, 0.3) is 0 Å². The molecule has 1 heterocycles. The van der Waals surface area contributed by atoms with Gasteiger partial charge in [0.2, 0.25) is 0 Å². The van der Waals surface area contributed by atoms with Crippen LogP contribution in [0.5, 0.6) is 0 Å². The van der Waals surface area contributed by atoms with E-state index in [1.807, 2.05) is 19.2 Å². The van der Waals surface area contributed by atoms with Gasteiger partial charge in [-0.05, 0) is 26.0 Å². The summed E-state index contributed by atoms with van der Waals surface area (Å²) in [5.41, 5.74) is 5.66. The first-order valence-electron chi connectivity index (χ1n) is 4.16. The summed E-state index contributed by atoms with van der Waals surface area (Å²) in [4.78, 5) is 2.16. The Bertz CT molecular complexity index is 283. The molecule has 1 aromatic rings. The maximum Gasteiger partial charge on any atom is 0.0950 e. The molecule has 0 aliphatic heterocycles. The van der Waals surface area contributed by atoms with E-state index in [4.69, 9.17) is 17.3 Å². The second-order valence-electron chi connectivity index (χ2n) is 3.65. The molecule has 4 heteroatoms. The molecule has 0 aromatic carbocycles. The molecule has 1 rings (SSSR count). The molecular formula is C9H15ClN2S. The second-order valence-corrected chi connectivity index (χ2v) is 5.35. The Kier molecular flexibility index (Phi) is 3.22. The van der Waals surface area contributed by atoms with E-state index in [1.54, 1.807) is 11.3 Å². The van der Waals surface area contributed by atoms with Gasteiger partial charge >= 0.3 is 0 Å². The van der Waals surface area contributed by atoms with E-state index in [0.717, 1.165) is 9.34 Å². The van der Waals surface area contributed by atoms with Gasteiger partial charge in [0.1, 0.15) is 0 Å². The van der Waals surface area contributed by atoms with Crippen LogP contribution in [0.2, 0.25) is 4.34 Å². The number of nitrogens with zero attached hydrogens (tertiary/aromatic N) is 1. The van der Waals surface area contributed by atoms with E-state index >= 15 is 0 Å². The van der Waals surface area contributed by atoms with Crippen LogP contribution >= 0.6 is 22.9 Å². The molecule has 0 saturated carbocycles. The van der Waals surface area contributed by atoms with Crippen molar-refractivity contribution in [2.75, 3.05) is 18.5 Å². The molecule has 74 valence electrons. The summed E-state index contributed by atoms with van der Waals surface area (Å²) in [6.45, 7) is 4.85. The molecule has 1 aromatic heterocycles. The Hall–Kier alpha value is -0.250. The van der Waals surface area contributed by atoms with Crippen molar-refractivity contribution in [3.63, 3.8) is 0 Å². The third kappa shape index (κ3) is 2.36. The molecule has 0 radical (unpaired) electrons. The predicted octanol–water partition coefficient (Wildman–Crippen LogP) is 2.58. The average Bonchev–Trinajstić information content (AvgIpc) is 2.50. The highest BCUT2D eigenvalue weighted by Crippen LogP contribution is 2.32. The fraction of sp³-hybridized carbons (Fsp3) is 0.556. The van der Waals surface area contributed by atoms with Gasteiger partial charge in [-0.2, -0.15) is 0 Å². The Morgan fingerprint density at radius 1 is 1.54 bits per heavy atom. The van der Waals surface area contributed by atoms with E-state index in [0.29, 0.717) is 6.54 Å². The number of hydrogen-bond acceptors (Lipinski definition) is 3. The topological polar surface area (TPSA) is 29.3 Å². The number of likely N-dealkylation sites (N-methyl/N-ethyl adjacent to an activating group) is 1. The van der Waals surface area contributed by atoms with Crippen molar-refractivity contribution in [2.24, 2.45) is 5.73 Å². The lowest BCUT2D eigenvalue weighted by atomic mass is 10.0. The first-order valence-corrected chi connectivity index (χ1v) is 5.36. The van der Waals surface area contributed by atoms with Gasteiger partial charge in [-0.15, -0.1) is 11.3 Å². The van der Waals surface area contributed by atoms with Crippen molar-refractivity contribution in [2.45, 2.75) is 19.4 Å². The predicted molar refractivity (Wildman–Crippen MR) is 60.9 cm³/mol. The van der Waals surface area contributed by atoms with E-state index < -0.39 is 0 Å². The van der Waals surface area contributed by atoms with E-state index in [-0.39, 0.29) is 5.54 Å². The van der Waals surface area contributed by atoms with Crippen LogP contribution in [0.15, 0.2) is 12.1 Å². The minimum Gasteiger partial charge on any atom is -0.360 e. The van der Waals surface area contributed by atoms with Crippen LogP contribution in [-0.2, 0) is 0 Å². The zero-order valence-electron chi connectivity index (χ0n) is 8.17. The molecular weight excluding hydrogens is 204 g/mol. The molecule has 0 saturated heterocycles. The van der Waals surface area contributed by atoms with Gasteiger partial charge in [-0.25, -0.2) is 0 Å². The zero-order chi connectivity index (χ0) is 10.1. The van der Waals surface area contributed by atoms with E-state index in [2.05, 4.69) is 18.7 Å². The monoisotopic (exact) mass is 218 g/mol. The van der Waals surface area contributed by atoms with Crippen molar-refractivity contribution in [1.82, 2.24) is 0 Å². The summed E-state index contributed by atoms with van der Waals surface area (Å²) >= 11 is 7.43. The van der Waals surface area contributed by atoms with Crippen LogP contribution in [0.1, 0.15) is 13.8 Å². The smallest absolute Gasteiger partial charge is 0.0950 e. The average molecular weight is 219 g/mol. The highest BCUT2D eigenvalue weighted by molar-refractivity contribution is 7.19. The van der Waals surface area contributed by atoms with Gasteiger partial charge < -0.3 is 10.6 Å². The van der Waals surface area contributed by atoms with Gasteiger partial charge in [0.05, 0.1) is 9.34 Å². The summed E-state index contributed by atoms with van der Waals surface area (Å²) in [7, 11) is 2.04. The standard InChI is InChI=1S/C9H15ClN2S/c1-9(2,6-11)12(3)8-5-4-7(10)13-8/h4-5H,6,11H2,1-3H3. The molecule has 0 aliphatic rings. The lowest BCUT2D eigenvalue weighted by Crippen LogP contribution is -2.46. The number of thiophene rings is 1.